The summed E-state index contributed by atoms with van der Waals surface area (Å²) >= 11 is 0. The first-order chi connectivity index (χ1) is 30.6. The van der Waals surface area contributed by atoms with Crippen molar-refractivity contribution in [1.29, 1.82) is 0 Å². The lowest BCUT2D eigenvalue weighted by Crippen LogP contribution is -2.56. The highest BCUT2D eigenvalue weighted by Gasteiger charge is 2.63. The van der Waals surface area contributed by atoms with Gasteiger partial charge >= 0.3 is 6.09 Å². The summed E-state index contributed by atoms with van der Waals surface area (Å²) in [4.78, 5) is 78.7. The highest BCUT2D eigenvalue weighted by molar-refractivity contribution is 7.70. The van der Waals surface area contributed by atoms with Gasteiger partial charge in [0.05, 0.1) is 36.8 Å². The lowest BCUT2D eigenvalue weighted by molar-refractivity contribution is -0.146. The average molecular weight is 892 g/mol. The van der Waals surface area contributed by atoms with Gasteiger partial charge < -0.3 is 24.4 Å². The Balaban J connectivity index is 1.11. The van der Waals surface area contributed by atoms with Crippen LogP contribution in [0.3, 0.4) is 0 Å². The van der Waals surface area contributed by atoms with Gasteiger partial charge in [0.1, 0.15) is 35.8 Å². The molecule has 1 aromatic heterocycles. The van der Waals surface area contributed by atoms with Gasteiger partial charge in [-0.1, -0.05) is 87.5 Å². The van der Waals surface area contributed by atoms with Crippen molar-refractivity contribution in [3.8, 4) is 22.8 Å². The molecule has 0 radical (unpaired) electrons. The van der Waals surface area contributed by atoms with E-state index < -0.39 is 87.6 Å². The van der Waals surface area contributed by atoms with Crippen LogP contribution in [-0.4, -0.2) is 107 Å². The molecule has 15 nitrogen and oxygen atoms in total. The molecule has 0 bridgehead atoms. The second kappa shape index (κ2) is 17.7. The number of likely N-dealkylation sites (tertiary alicyclic amines) is 1. The minimum absolute atomic E-state index is 0.00483. The second-order valence-electron chi connectivity index (χ2n) is 18.2. The fraction of sp³-hybridized carbons (Fsp3) is 0.417. The maximum absolute atomic E-state index is 14.8. The Morgan fingerprint density at radius 3 is 2.36 bits per heavy atom. The molecule has 3 aromatic carbocycles. The molecule has 6 atom stereocenters. The quantitative estimate of drug-likeness (QED) is 0.114. The topological polar surface area (TPSA) is 182 Å². The number of rotatable bonds is 15. The predicted molar refractivity (Wildman–Crippen MR) is 237 cm³/mol. The molecule has 4 fully saturated rings. The number of hydrogen-bond donors (Lipinski definition) is 2. The van der Waals surface area contributed by atoms with Crippen LogP contribution in [0.4, 0.5) is 4.79 Å². The smallest absolute Gasteiger partial charge is 0.416 e. The molecule has 3 heterocycles. The first-order valence-corrected chi connectivity index (χ1v) is 22.7. The fourth-order valence-corrected chi connectivity index (χ4v) is 9.77. The van der Waals surface area contributed by atoms with E-state index in [1.807, 2.05) is 93.6 Å². The largest absolute Gasteiger partial charge is 0.497 e. The van der Waals surface area contributed by atoms with Gasteiger partial charge in [-0.3, -0.25) is 19.2 Å². The van der Waals surface area contributed by atoms with E-state index in [0.717, 1.165) is 20.3 Å². The number of amides is 5. The number of cyclic esters (lactones) is 1. The van der Waals surface area contributed by atoms with Gasteiger partial charge in [0.2, 0.25) is 28.6 Å². The summed E-state index contributed by atoms with van der Waals surface area (Å²) in [6.07, 6.45) is 1.17. The van der Waals surface area contributed by atoms with E-state index in [-0.39, 0.29) is 32.4 Å². The number of nitrogens with zero attached hydrogens (tertiary/aromatic N) is 4. The van der Waals surface area contributed by atoms with Gasteiger partial charge in [-0.2, -0.15) is 0 Å². The Kier molecular flexibility index (Phi) is 12.3. The Labute approximate surface area is 373 Å². The summed E-state index contributed by atoms with van der Waals surface area (Å²) in [7, 11) is -1.71. The van der Waals surface area contributed by atoms with E-state index >= 15 is 0 Å². The van der Waals surface area contributed by atoms with Gasteiger partial charge in [0.25, 0.3) is 5.91 Å². The Morgan fingerprint density at radius 2 is 1.73 bits per heavy atom. The summed E-state index contributed by atoms with van der Waals surface area (Å²) in [5.74, 6) is -3.03. The molecule has 64 heavy (non-hydrogen) atoms. The van der Waals surface area contributed by atoms with Crippen LogP contribution in [0.25, 0.3) is 22.2 Å². The van der Waals surface area contributed by atoms with Crippen LogP contribution in [0.1, 0.15) is 58.4 Å². The van der Waals surface area contributed by atoms with Gasteiger partial charge in [-0.15, -0.1) is 6.58 Å². The van der Waals surface area contributed by atoms with Crippen molar-refractivity contribution in [2.75, 3.05) is 20.3 Å². The van der Waals surface area contributed by atoms with Crippen LogP contribution >= 0.6 is 0 Å². The van der Waals surface area contributed by atoms with Crippen LogP contribution < -0.4 is 14.8 Å². The molecule has 0 spiro atoms. The number of methoxy groups -OCH3 is 1. The van der Waals surface area contributed by atoms with Crippen molar-refractivity contribution in [3.63, 3.8) is 0 Å². The van der Waals surface area contributed by atoms with E-state index in [1.54, 1.807) is 19.2 Å². The van der Waals surface area contributed by atoms with Crippen molar-refractivity contribution in [2.45, 2.75) is 89.1 Å². The Morgan fingerprint density at radius 1 is 1.03 bits per heavy atom. The van der Waals surface area contributed by atoms with Crippen molar-refractivity contribution in [1.82, 2.24) is 24.4 Å². The number of fused-ring (bicyclic) bond motifs is 1. The van der Waals surface area contributed by atoms with E-state index in [0.29, 0.717) is 47.4 Å². The number of thiol groups is 1. The van der Waals surface area contributed by atoms with Crippen molar-refractivity contribution in [2.24, 2.45) is 17.3 Å². The van der Waals surface area contributed by atoms with Gasteiger partial charge in [-0.05, 0) is 48.8 Å². The lowest BCUT2D eigenvalue weighted by Gasteiger charge is -2.34. The zero-order valence-corrected chi connectivity index (χ0v) is 37.2. The fourth-order valence-electron chi connectivity index (χ4n) is 8.95. The highest BCUT2D eigenvalue weighted by Crippen LogP contribution is 2.48. The molecule has 5 amide bonds. The first-order valence-electron chi connectivity index (χ1n) is 21.6. The summed E-state index contributed by atoms with van der Waals surface area (Å²) < 4.78 is 43.2. The maximum atomic E-state index is 14.8. The zero-order valence-electron chi connectivity index (χ0n) is 36.3. The maximum Gasteiger partial charge on any atom is 0.416 e. The minimum atomic E-state index is -3.28. The number of benzene rings is 3. The number of aromatic nitrogens is 1. The molecular weight excluding hydrogens is 839 g/mol. The lowest BCUT2D eigenvalue weighted by atomic mass is 9.77. The van der Waals surface area contributed by atoms with Crippen LogP contribution in [0.15, 0.2) is 97.6 Å². The van der Waals surface area contributed by atoms with Crippen LogP contribution in [-0.2, 0) is 41.2 Å². The standard InChI is InChI=1S/C48H53N5O10S/c1-6-31-26-48(31,45(57)53(64(59)60)32-17-18-32)50-43(55)40-23-35(63-41-25-38(30-15-11-8-12-16-30)49-39-22-34(61-5)19-20-36(39)41)27-51(40)42(54)24-37(47(2,3)4)44(56)52-33(28-62-46(52)58)21-29-13-9-7-10-14-29/h6-16,19-20,22,25,31-33,35,37,40,64H,1,17-18,21,23-24,26-28H2,2-5H3,(H,50,55)/t31?,33-,35+,37+,40-,48?/m0/s1. The van der Waals surface area contributed by atoms with E-state index in [9.17, 15) is 32.4 Å². The number of hydrogen-bond acceptors (Lipinski definition) is 11. The van der Waals surface area contributed by atoms with Crippen molar-refractivity contribution in [3.05, 3.63) is 103 Å². The third kappa shape index (κ3) is 8.92. The number of imide groups is 1. The molecule has 1 N–H and O–H groups in total. The molecule has 4 aliphatic rings. The molecule has 8 rings (SSSR count). The molecule has 4 aromatic rings. The zero-order chi connectivity index (χ0) is 45.5. The van der Waals surface area contributed by atoms with Crippen molar-refractivity contribution >= 4 is 51.5 Å². The number of carbonyl (C=O) groups excluding carboxylic acids is 5. The average Bonchev–Trinajstić information content (AvgIpc) is 4.17. The van der Waals surface area contributed by atoms with Gasteiger partial charge in [0, 0.05) is 47.9 Å². The first kappa shape index (κ1) is 44.3. The molecule has 2 saturated carbocycles. The molecule has 336 valence electrons. The van der Waals surface area contributed by atoms with E-state index in [2.05, 4.69) is 11.9 Å². The molecule has 2 saturated heterocycles. The Hall–Kier alpha value is -6.29. The SMILES string of the molecule is C=CC1CC1(NC(=O)[C@@H]1C[C@@H](Oc2cc(-c3ccccc3)nc3cc(OC)ccc23)CN1C(=O)C[C@H](C(=O)N1C(=O)OC[C@@H]1Cc1ccccc1)C(C)(C)C)C(=O)N(C1CC1)[SH](=O)=O. The Bertz CT molecular complexity index is 2550. The summed E-state index contributed by atoms with van der Waals surface area (Å²) in [5.41, 5.74) is 0.566. The normalized spacial score (nSPS) is 23.4. The number of pyridine rings is 1. The summed E-state index contributed by atoms with van der Waals surface area (Å²) in [6, 6.07) is 23.9. The highest BCUT2D eigenvalue weighted by atomic mass is 32.2. The van der Waals surface area contributed by atoms with E-state index in [1.165, 1.54) is 11.0 Å². The second-order valence-corrected chi connectivity index (χ2v) is 19.1. The third-order valence-corrected chi connectivity index (χ3v) is 13.6. The number of nitrogens with one attached hydrogen (secondary N) is 1. The van der Waals surface area contributed by atoms with Crippen LogP contribution in [0.5, 0.6) is 11.5 Å². The van der Waals surface area contributed by atoms with E-state index in [4.69, 9.17) is 19.2 Å². The molecular formula is C48H53N5O10S. The molecule has 2 unspecified atom stereocenters. The summed E-state index contributed by atoms with van der Waals surface area (Å²) in [5, 5.41) is 3.54. The summed E-state index contributed by atoms with van der Waals surface area (Å²) in [6.45, 7) is 9.21. The van der Waals surface area contributed by atoms with Gasteiger partial charge in [-0.25, -0.2) is 27.4 Å². The van der Waals surface area contributed by atoms with Gasteiger partial charge in [0.15, 0.2) is 0 Å². The number of carbonyl (C=O) groups is 5. The monoisotopic (exact) mass is 891 g/mol. The molecule has 16 heteroatoms. The molecule has 2 aliphatic carbocycles. The van der Waals surface area contributed by atoms with Crippen molar-refractivity contribution < 1.29 is 46.6 Å². The number of ether oxygens (including phenoxy) is 3. The molecule has 2 aliphatic heterocycles. The predicted octanol–water partition coefficient (Wildman–Crippen LogP) is 5.48. The van der Waals surface area contributed by atoms with Crippen LogP contribution in [0, 0.1) is 17.3 Å². The minimum Gasteiger partial charge on any atom is -0.497 e. The third-order valence-electron chi connectivity index (χ3n) is 12.8. The van der Waals surface area contributed by atoms with Crippen LogP contribution in [0.2, 0.25) is 0 Å².